The van der Waals surface area contributed by atoms with Crippen LogP contribution in [0.3, 0.4) is 0 Å². The Hall–Kier alpha value is -2.78. The van der Waals surface area contributed by atoms with Gasteiger partial charge in [0, 0.05) is 30.0 Å². The first-order chi connectivity index (χ1) is 17.0. The molecule has 4 aliphatic rings. The smallest absolute Gasteiger partial charge is 0.428 e. The maximum Gasteiger partial charge on any atom is 0.428 e. The van der Waals surface area contributed by atoms with Gasteiger partial charge in [-0.25, -0.2) is 10.2 Å². The van der Waals surface area contributed by atoms with E-state index in [-0.39, 0.29) is 36.8 Å². The summed E-state index contributed by atoms with van der Waals surface area (Å²) < 4.78 is 5.21. The first-order valence-corrected chi connectivity index (χ1v) is 12.7. The van der Waals surface area contributed by atoms with Crippen molar-refractivity contribution in [3.05, 3.63) is 35.9 Å². The highest BCUT2D eigenvalue weighted by atomic mass is 16.6. The van der Waals surface area contributed by atoms with Crippen LogP contribution in [0.2, 0.25) is 0 Å². The number of amides is 3. The lowest BCUT2D eigenvalue weighted by molar-refractivity contribution is -0.145. The van der Waals surface area contributed by atoms with Crippen LogP contribution < -0.4 is 5.43 Å². The Labute approximate surface area is 204 Å². The molecule has 1 heterocycles. The third kappa shape index (κ3) is 4.59. The molecule has 0 spiro atoms. The van der Waals surface area contributed by atoms with Crippen molar-refractivity contribution in [2.45, 2.75) is 76.2 Å². The number of nitrogens with zero attached hydrogens (tertiary/aromatic N) is 2. The number of ether oxygens (including phenoxy) is 1. The van der Waals surface area contributed by atoms with Crippen LogP contribution in [-0.4, -0.2) is 57.0 Å². The SMILES string of the molecule is O=C(NN=C1C[C@@H](O)[C@H](O)[C@H]2[C@@H]3C(=O)N(C4CCCCC4)C(=O)[C@@H]3CC[C@H]12)OCc1ccccc1. The Kier molecular flexibility index (Phi) is 6.88. The first-order valence-electron chi connectivity index (χ1n) is 12.7. The largest absolute Gasteiger partial charge is 0.443 e. The molecule has 0 unspecified atom stereocenters. The number of hydrogen-bond acceptors (Lipinski definition) is 7. The number of carbonyl (C=O) groups excluding carboxylic acids is 3. The predicted molar refractivity (Wildman–Crippen MR) is 126 cm³/mol. The number of hydrogen-bond donors (Lipinski definition) is 3. The normalized spacial score (nSPS) is 34.5. The first kappa shape index (κ1) is 23.9. The second kappa shape index (κ2) is 10.1. The number of imide groups is 1. The minimum Gasteiger partial charge on any atom is -0.443 e. The summed E-state index contributed by atoms with van der Waals surface area (Å²) in [6.45, 7) is 0.0995. The third-order valence-electron chi connectivity index (χ3n) is 8.26. The Morgan fingerprint density at radius 1 is 1.00 bits per heavy atom. The van der Waals surface area contributed by atoms with Crippen LogP contribution in [0.4, 0.5) is 4.79 Å². The van der Waals surface area contributed by atoms with Crippen molar-refractivity contribution >= 4 is 23.6 Å². The Bertz CT molecular complexity index is 992. The second-order valence-corrected chi connectivity index (χ2v) is 10.3. The molecule has 35 heavy (non-hydrogen) atoms. The average Bonchev–Trinajstić information content (AvgIpc) is 3.14. The van der Waals surface area contributed by atoms with Crippen molar-refractivity contribution in [1.82, 2.24) is 10.3 Å². The van der Waals surface area contributed by atoms with E-state index in [1.807, 2.05) is 30.3 Å². The molecule has 1 saturated heterocycles. The summed E-state index contributed by atoms with van der Waals surface area (Å²) in [4.78, 5) is 40.5. The van der Waals surface area contributed by atoms with E-state index in [1.165, 1.54) is 4.90 Å². The van der Waals surface area contributed by atoms with Gasteiger partial charge in [0.15, 0.2) is 0 Å². The van der Waals surface area contributed by atoms with Gasteiger partial charge in [-0.15, -0.1) is 0 Å². The fourth-order valence-electron chi connectivity index (χ4n) is 6.59. The van der Waals surface area contributed by atoms with Gasteiger partial charge in [-0.05, 0) is 31.2 Å². The molecule has 188 valence electrons. The summed E-state index contributed by atoms with van der Waals surface area (Å²) in [7, 11) is 0. The maximum absolute atomic E-state index is 13.5. The minimum absolute atomic E-state index is 0.0624. The zero-order chi connectivity index (χ0) is 24.5. The van der Waals surface area contributed by atoms with Gasteiger partial charge in [-0.2, -0.15) is 5.10 Å². The zero-order valence-corrected chi connectivity index (χ0v) is 19.7. The summed E-state index contributed by atoms with van der Waals surface area (Å²) >= 11 is 0. The van der Waals surface area contributed by atoms with Crippen LogP contribution in [0.1, 0.15) is 56.9 Å². The van der Waals surface area contributed by atoms with Crippen LogP contribution in [0.15, 0.2) is 35.4 Å². The van der Waals surface area contributed by atoms with E-state index < -0.39 is 36.1 Å². The van der Waals surface area contributed by atoms with Crippen LogP contribution in [0.25, 0.3) is 0 Å². The molecule has 1 aromatic carbocycles. The predicted octanol–water partition coefficient (Wildman–Crippen LogP) is 2.35. The molecule has 6 atom stereocenters. The summed E-state index contributed by atoms with van der Waals surface area (Å²) in [5.74, 6) is -2.38. The molecule has 3 saturated carbocycles. The number of nitrogens with one attached hydrogen (secondary N) is 1. The van der Waals surface area contributed by atoms with E-state index in [2.05, 4.69) is 10.5 Å². The van der Waals surface area contributed by atoms with E-state index in [4.69, 9.17) is 4.74 Å². The minimum atomic E-state index is -1.13. The fourth-order valence-corrected chi connectivity index (χ4v) is 6.59. The third-order valence-corrected chi connectivity index (χ3v) is 8.26. The topological polar surface area (TPSA) is 129 Å². The van der Waals surface area contributed by atoms with Crippen LogP contribution >= 0.6 is 0 Å². The van der Waals surface area contributed by atoms with Crippen molar-refractivity contribution in [2.75, 3.05) is 0 Å². The molecule has 1 aliphatic heterocycles. The van der Waals surface area contributed by atoms with Gasteiger partial charge >= 0.3 is 6.09 Å². The van der Waals surface area contributed by atoms with E-state index >= 15 is 0 Å². The van der Waals surface area contributed by atoms with Crippen LogP contribution in [0.5, 0.6) is 0 Å². The number of rotatable bonds is 4. The molecule has 3 N–H and O–H groups in total. The molecule has 0 radical (unpaired) electrons. The quantitative estimate of drug-likeness (QED) is 0.446. The number of benzene rings is 1. The number of aliphatic hydroxyl groups is 2. The van der Waals surface area contributed by atoms with Gasteiger partial charge in [-0.3, -0.25) is 14.5 Å². The molecule has 9 heteroatoms. The lowest BCUT2D eigenvalue weighted by Crippen LogP contribution is -2.55. The van der Waals surface area contributed by atoms with Crippen molar-refractivity contribution in [3.8, 4) is 0 Å². The lowest BCUT2D eigenvalue weighted by atomic mass is 9.60. The Morgan fingerprint density at radius 3 is 2.46 bits per heavy atom. The number of hydrazone groups is 1. The van der Waals surface area contributed by atoms with Gasteiger partial charge < -0.3 is 14.9 Å². The van der Waals surface area contributed by atoms with Gasteiger partial charge in [0.1, 0.15) is 6.61 Å². The molecule has 5 rings (SSSR count). The summed E-state index contributed by atoms with van der Waals surface area (Å²) in [6, 6.07) is 9.21. The molecular formula is C26H33N3O6. The summed E-state index contributed by atoms with van der Waals surface area (Å²) in [5, 5.41) is 25.8. The molecule has 3 amide bonds. The Morgan fingerprint density at radius 2 is 1.71 bits per heavy atom. The molecule has 3 aliphatic carbocycles. The zero-order valence-electron chi connectivity index (χ0n) is 19.7. The molecule has 1 aromatic rings. The summed E-state index contributed by atoms with van der Waals surface area (Å²) in [6.07, 6.45) is 3.01. The van der Waals surface area contributed by atoms with Crippen LogP contribution in [0, 0.1) is 23.7 Å². The van der Waals surface area contributed by atoms with Crippen molar-refractivity contribution in [2.24, 2.45) is 28.8 Å². The van der Waals surface area contributed by atoms with Gasteiger partial charge in [0.2, 0.25) is 11.8 Å². The maximum atomic E-state index is 13.5. The number of carbonyl (C=O) groups is 3. The van der Waals surface area contributed by atoms with E-state index in [1.54, 1.807) is 0 Å². The summed E-state index contributed by atoms with van der Waals surface area (Å²) in [5.41, 5.74) is 3.77. The molecule has 0 aromatic heterocycles. The number of fused-ring (bicyclic) bond motifs is 3. The Balaban J connectivity index is 1.30. The number of aliphatic hydroxyl groups excluding tert-OH is 2. The van der Waals surface area contributed by atoms with Crippen molar-refractivity contribution < 1.29 is 29.3 Å². The highest BCUT2D eigenvalue weighted by Crippen LogP contribution is 2.50. The van der Waals surface area contributed by atoms with E-state index in [0.29, 0.717) is 18.6 Å². The molecule has 4 fully saturated rings. The lowest BCUT2D eigenvalue weighted by Gasteiger charge is -2.45. The van der Waals surface area contributed by atoms with E-state index in [9.17, 15) is 24.6 Å². The van der Waals surface area contributed by atoms with Crippen molar-refractivity contribution in [3.63, 3.8) is 0 Å². The van der Waals surface area contributed by atoms with Crippen LogP contribution in [-0.2, 0) is 20.9 Å². The monoisotopic (exact) mass is 483 g/mol. The molecule has 9 nitrogen and oxygen atoms in total. The van der Waals surface area contributed by atoms with Crippen molar-refractivity contribution in [1.29, 1.82) is 0 Å². The average molecular weight is 484 g/mol. The van der Waals surface area contributed by atoms with Gasteiger partial charge in [0.05, 0.1) is 24.0 Å². The highest BCUT2D eigenvalue weighted by Gasteiger charge is 2.60. The van der Waals surface area contributed by atoms with Gasteiger partial charge in [-0.1, -0.05) is 49.6 Å². The molecular weight excluding hydrogens is 450 g/mol. The molecule has 0 bridgehead atoms. The van der Waals surface area contributed by atoms with E-state index in [0.717, 1.165) is 37.7 Å². The second-order valence-electron chi connectivity index (χ2n) is 10.3. The van der Waals surface area contributed by atoms with Gasteiger partial charge in [0.25, 0.3) is 0 Å². The number of likely N-dealkylation sites (tertiary alicyclic amines) is 1. The highest BCUT2D eigenvalue weighted by molar-refractivity contribution is 6.06. The fraction of sp³-hybridized carbons (Fsp3) is 0.615. The standard InChI is InChI=1S/C26H33N3O6/c30-20-13-19(27-28-26(34)35-14-15-7-3-1-4-8-15)17-11-12-18-22(21(17)23(20)31)25(33)29(24(18)32)16-9-5-2-6-10-16/h1,3-4,7-8,16-18,20-23,30-31H,2,5-6,9-14H2,(H,28,34)/t17-,18-,20-,21-,22-,23+/m1/s1.